The molecule has 1 saturated heterocycles. The van der Waals surface area contributed by atoms with Crippen LogP contribution in [-0.4, -0.2) is 27.0 Å². The van der Waals surface area contributed by atoms with Crippen LogP contribution in [0.25, 0.3) is 0 Å². The molecule has 16 heavy (non-hydrogen) atoms. The first-order chi connectivity index (χ1) is 7.38. The molecule has 1 aromatic heterocycles. The minimum absolute atomic E-state index is 0.216. The number of hydrogen-bond acceptors (Lipinski definition) is 2. The van der Waals surface area contributed by atoms with Gasteiger partial charge in [0.25, 0.3) is 0 Å². The summed E-state index contributed by atoms with van der Waals surface area (Å²) in [6.45, 7) is 10.3. The summed E-state index contributed by atoms with van der Waals surface area (Å²) < 4.78 is 1.13. The number of likely N-dealkylation sites (tertiary alicyclic amines) is 1. The van der Waals surface area contributed by atoms with Gasteiger partial charge in [-0.3, -0.25) is 4.90 Å². The second-order valence-corrected chi connectivity index (χ2v) is 6.96. The first-order valence-electron chi connectivity index (χ1n) is 5.85. The summed E-state index contributed by atoms with van der Waals surface area (Å²) in [5.74, 6) is 1.88. The molecule has 3 nitrogen and oxygen atoms in total. The van der Waals surface area contributed by atoms with Gasteiger partial charge < -0.3 is 4.98 Å². The largest absolute Gasteiger partial charge is 0.336 e. The van der Waals surface area contributed by atoms with Crippen LogP contribution in [0.2, 0.25) is 0 Å². The molecule has 0 bridgehead atoms. The Labute approximate surface area is 111 Å². The van der Waals surface area contributed by atoms with Crippen molar-refractivity contribution in [2.75, 3.05) is 6.54 Å². The Morgan fingerprint density at radius 2 is 2.19 bits per heavy atom. The monoisotopic (exact) mass is 333 g/mol. The van der Waals surface area contributed by atoms with Gasteiger partial charge in [-0.2, -0.15) is 0 Å². The van der Waals surface area contributed by atoms with E-state index in [0.29, 0.717) is 6.04 Å². The summed E-state index contributed by atoms with van der Waals surface area (Å²) in [7, 11) is 0. The molecule has 1 aliphatic heterocycles. The lowest BCUT2D eigenvalue weighted by Crippen LogP contribution is -2.41. The van der Waals surface area contributed by atoms with Crippen molar-refractivity contribution in [1.82, 2.24) is 14.9 Å². The summed E-state index contributed by atoms with van der Waals surface area (Å²) >= 11 is 2.28. The van der Waals surface area contributed by atoms with Gasteiger partial charge in [0, 0.05) is 12.1 Å². The number of rotatable bonds is 1. The van der Waals surface area contributed by atoms with E-state index in [4.69, 9.17) is 0 Å². The quantitative estimate of drug-likeness (QED) is 0.801. The molecule has 1 aromatic rings. The van der Waals surface area contributed by atoms with Gasteiger partial charge >= 0.3 is 0 Å². The fraction of sp³-hybridized carbons (Fsp3) is 0.750. The van der Waals surface area contributed by atoms with Crippen molar-refractivity contribution in [3.63, 3.8) is 0 Å². The predicted molar refractivity (Wildman–Crippen MR) is 74.3 cm³/mol. The summed E-state index contributed by atoms with van der Waals surface area (Å²) in [4.78, 5) is 10.4. The SMILES string of the molecule is C[C@H]1C[C@@H](c2ncc(I)[nH]2)N(C(C)(C)C)C1. The molecule has 2 atom stereocenters. The van der Waals surface area contributed by atoms with Crippen LogP contribution in [0, 0.1) is 9.62 Å². The molecular formula is C12H20IN3. The van der Waals surface area contributed by atoms with E-state index in [1.807, 2.05) is 6.20 Å². The lowest BCUT2D eigenvalue weighted by Gasteiger charge is -2.36. The van der Waals surface area contributed by atoms with E-state index in [1.54, 1.807) is 0 Å². The van der Waals surface area contributed by atoms with Crippen molar-refractivity contribution < 1.29 is 0 Å². The van der Waals surface area contributed by atoms with Gasteiger partial charge in [-0.1, -0.05) is 6.92 Å². The van der Waals surface area contributed by atoms with Crippen LogP contribution in [0.4, 0.5) is 0 Å². The average Bonchev–Trinajstić information content (AvgIpc) is 2.70. The summed E-state index contributed by atoms with van der Waals surface area (Å²) in [6, 6.07) is 0.457. The molecule has 2 heterocycles. The summed E-state index contributed by atoms with van der Waals surface area (Å²) in [5.41, 5.74) is 0.216. The Morgan fingerprint density at radius 3 is 2.69 bits per heavy atom. The second-order valence-electron chi connectivity index (χ2n) is 5.80. The summed E-state index contributed by atoms with van der Waals surface area (Å²) in [5, 5.41) is 0. The Hall–Kier alpha value is -0.100. The Balaban J connectivity index is 2.25. The number of hydrogen-bond donors (Lipinski definition) is 1. The standard InChI is InChI=1S/C12H20IN3/c1-8-5-9(11-14-6-10(13)15-11)16(7-8)12(2,3)4/h6,8-9H,5,7H2,1-4H3,(H,14,15)/t8-,9-/m0/s1. The van der Waals surface area contributed by atoms with E-state index in [9.17, 15) is 0 Å². The molecular weight excluding hydrogens is 313 g/mol. The van der Waals surface area contributed by atoms with Crippen LogP contribution in [-0.2, 0) is 0 Å². The number of aromatic amines is 1. The molecule has 90 valence electrons. The summed E-state index contributed by atoms with van der Waals surface area (Å²) in [6.07, 6.45) is 3.13. The fourth-order valence-corrected chi connectivity index (χ4v) is 2.94. The van der Waals surface area contributed by atoms with Crippen molar-refractivity contribution in [3.05, 3.63) is 15.7 Å². The van der Waals surface area contributed by atoms with E-state index in [2.05, 4.69) is 65.2 Å². The van der Waals surface area contributed by atoms with Crippen molar-refractivity contribution in [2.24, 2.45) is 5.92 Å². The first kappa shape index (κ1) is 12.4. The highest BCUT2D eigenvalue weighted by atomic mass is 127. The first-order valence-corrected chi connectivity index (χ1v) is 6.93. The molecule has 0 amide bonds. The number of H-pyrrole nitrogens is 1. The Kier molecular flexibility index (Phi) is 3.32. The minimum atomic E-state index is 0.216. The third-order valence-electron chi connectivity index (χ3n) is 3.25. The van der Waals surface area contributed by atoms with Crippen LogP contribution in [0.15, 0.2) is 6.20 Å². The molecule has 1 aliphatic rings. The molecule has 1 N–H and O–H groups in total. The van der Waals surface area contributed by atoms with Crippen LogP contribution >= 0.6 is 22.6 Å². The highest BCUT2D eigenvalue weighted by Gasteiger charge is 2.38. The topological polar surface area (TPSA) is 31.9 Å². The van der Waals surface area contributed by atoms with Gasteiger partial charge in [0.05, 0.1) is 15.9 Å². The van der Waals surface area contributed by atoms with E-state index < -0.39 is 0 Å². The maximum atomic E-state index is 4.49. The van der Waals surface area contributed by atoms with Gasteiger partial charge in [0.15, 0.2) is 0 Å². The highest BCUT2D eigenvalue weighted by Crippen LogP contribution is 2.38. The third kappa shape index (κ3) is 2.42. The zero-order valence-electron chi connectivity index (χ0n) is 10.4. The van der Waals surface area contributed by atoms with Crippen LogP contribution in [0.1, 0.15) is 46.0 Å². The molecule has 2 rings (SSSR count). The number of nitrogens with one attached hydrogen (secondary N) is 1. The van der Waals surface area contributed by atoms with Crippen LogP contribution in [0.3, 0.4) is 0 Å². The molecule has 0 unspecified atom stereocenters. The van der Waals surface area contributed by atoms with E-state index in [-0.39, 0.29) is 5.54 Å². The number of nitrogens with zero attached hydrogens (tertiary/aromatic N) is 2. The maximum Gasteiger partial charge on any atom is 0.124 e. The maximum absolute atomic E-state index is 4.49. The molecule has 0 aliphatic carbocycles. The zero-order valence-corrected chi connectivity index (χ0v) is 12.6. The van der Waals surface area contributed by atoms with Gasteiger partial charge in [0.1, 0.15) is 5.82 Å². The molecule has 4 heteroatoms. The van der Waals surface area contributed by atoms with Crippen LogP contribution < -0.4 is 0 Å². The van der Waals surface area contributed by atoms with E-state index in [0.717, 1.165) is 15.4 Å². The van der Waals surface area contributed by atoms with Gasteiger partial charge in [0.2, 0.25) is 0 Å². The van der Waals surface area contributed by atoms with E-state index in [1.165, 1.54) is 13.0 Å². The van der Waals surface area contributed by atoms with Gasteiger partial charge in [-0.15, -0.1) is 0 Å². The predicted octanol–water partition coefficient (Wildman–Crippen LogP) is 3.20. The molecule has 0 spiro atoms. The molecule has 0 saturated carbocycles. The number of halogens is 1. The number of imidazole rings is 1. The third-order valence-corrected chi connectivity index (χ3v) is 3.80. The van der Waals surface area contributed by atoms with Crippen molar-refractivity contribution in [2.45, 2.75) is 45.7 Å². The normalized spacial score (nSPS) is 27.6. The van der Waals surface area contributed by atoms with Crippen molar-refractivity contribution in [3.8, 4) is 0 Å². The minimum Gasteiger partial charge on any atom is -0.336 e. The Bertz CT molecular complexity index is 367. The van der Waals surface area contributed by atoms with Crippen molar-refractivity contribution in [1.29, 1.82) is 0 Å². The zero-order chi connectivity index (χ0) is 11.9. The fourth-order valence-electron chi connectivity index (χ4n) is 2.53. The highest BCUT2D eigenvalue weighted by molar-refractivity contribution is 14.1. The van der Waals surface area contributed by atoms with Crippen molar-refractivity contribution >= 4 is 22.6 Å². The lowest BCUT2D eigenvalue weighted by molar-refractivity contribution is 0.115. The number of aromatic nitrogens is 2. The molecule has 0 radical (unpaired) electrons. The Morgan fingerprint density at radius 1 is 1.50 bits per heavy atom. The second kappa shape index (κ2) is 4.29. The average molecular weight is 333 g/mol. The van der Waals surface area contributed by atoms with Gasteiger partial charge in [-0.25, -0.2) is 4.98 Å². The van der Waals surface area contributed by atoms with Crippen LogP contribution in [0.5, 0.6) is 0 Å². The van der Waals surface area contributed by atoms with Gasteiger partial charge in [-0.05, 0) is 55.7 Å². The smallest absolute Gasteiger partial charge is 0.124 e. The molecule has 0 aromatic carbocycles. The molecule has 1 fully saturated rings. The lowest BCUT2D eigenvalue weighted by atomic mass is 10.0. The van der Waals surface area contributed by atoms with E-state index >= 15 is 0 Å².